The number of hydrogen-bond acceptors (Lipinski definition) is 4. The molecule has 2 aliphatic heterocycles. The molecule has 120 valence electrons. The highest BCUT2D eigenvalue weighted by Crippen LogP contribution is 2.44. The van der Waals surface area contributed by atoms with Crippen LogP contribution in [-0.4, -0.2) is 51.8 Å². The topological polar surface area (TPSA) is 32.8 Å². The van der Waals surface area contributed by atoms with Gasteiger partial charge in [0, 0.05) is 18.8 Å². The normalized spacial score (nSPS) is 21.0. The van der Waals surface area contributed by atoms with Crippen molar-refractivity contribution in [2.45, 2.75) is 37.8 Å². The number of nitrogens with zero attached hydrogens (tertiary/aromatic N) is 2. The van der Waals surface area contributed by atoms with Gasteiger partial charge < -0.3 is 9.64 Å². The van der Waals surface area contributed by atoms with Gasteiger partial charge in [0.25, 0.3) is 0 Å². The molecule has 0 atom stereocenters. The third-order valence-electron chi connectivity index (χ3n) is 4.05. The smallest absolute Gasteiger partial charge is 0.410 e. The largest absolute Gasteiger partial charge is 0.444 e. The van der Waals surface area contributed by atoms with Crippen LogP contribution in [0.15, 0.2) is 30.3 Å². The highest BCUT2D eigenvalue weighted by Gasteiger charge is 2.53. The molecule has 0 unspecified atom stereocenters. The van der Waals surface area contributed by atoms with Crippen molar-refractivity contribution < 1.29 is 9.53 Å². The highest BCUT2D eigenvalue weighted by atomic mass is 32.2. The Balaban J connectivity index is 1.60. The molecule has 1 aromatic carbocycles. The number of likely N-dealkylation sites (tertiary alicyclic amines) is 1. The number of thioether (sulfide) groups is 1. The van der Waals surface area contributed by atoms with Crippen LogP contribution < -0.4 is 0 Å². The number of hydrogen-bond donors (Lipinski definition) is 0. The summed E-state index contributed by atoms with van der Waals surface area (Å²) in [5.74, 6) is 1.13. The van der Waals surface area contributed by atoms with Gasteiger partial charge in [0.2, 0.25) is 0 Å². The van der Waals surface area contributed by atoms with E-state index in [1.165, 1.54) is 5.56 Å². The van der Waals surface area contributed by atoms with Gasteiger partial charge in [-0.3, -0.25) is 4.90 Å². The molecule has 4 nitrogen and oxygen atoms in total. The van der Waals surface area contributed by atoms with Gasteiger partial charge in [-0.15, -0.1) is 11.8 Å². The summed E-state index contributed by atoms with van der Waals surface area (Å²) in [5, 5.41) is 0. The Morgan fingerprint density at radius 3 is 2.59 bits per heavy atom. The standard InChI is InChI=1S/C17H24N2O2S/c1-16(2,3)21-15(20)18-12-17(13-18)19(9-10-22-17)11-14-7-5-4-6-8-14/h4-8H,9-13H2,1-3H3. The minimum absolute atomic E-state index is 0.0900. The van der Waals surface area contributed by atoms with Crippen LogP contribution >= 0.6 is 11.8 Å². The zero-order valence-corrected chi connectivity index (χ0v) is 14.4. The Hall–Kier alpha value is -1.20. The summed E-state index contributed by atoms with van der Waals surface area (Å²) < 4.78 is 5.46. The number of rotatable bonds is 2. The van der Waals surface area contributed by atoms with Crippen LogP contribution in [0.25, 0.3) is 0 Å². The Morgan fingerprint density at radius 1 is 1.27 bits per heavy atom. The van der Waals surface area contributed by atoms with E-state index >= 15 is 0 Å². The molecule has 0 N–H and O–H groups in total. The van der Waals surface area contributed by atoms with Crippen molar-refractivity contribution in [3.63, 3.8) is 0 Å². The van der Waals surface area contributed by atoms with Crippen molar-refractivity contribution in [2.24, 2.45) is 0 Å². The molecule has 22 heavy (non-hydrogen) atoms. The molecule has 0 aromatic heterocycles. The molecule has 0 aliphatic carbocycles. The van der Waals surface area contributed by atoms with Gasteiger partial charge in [0.1, 0.15) is 10.5 Å². The van der Waals surface area contributed by atoms with Crippen molar-refractivity contribution in [2.75, 3.05) is 25.4 Å². The molecule has 2 fully saturated rings. The van der Waals surface area contributed by atoms with Crippen LogP contribution in [0.1, 0.15) is 26.3 Å². The molecular weight excluding hydrogens is 296 g/mol. The van der Waals surface area contributed by atoms with Crippen LogP contribution in [0.3, 0.4) is 0 Å². The van der Waals surface area contributed by atoms with Crippen molar-refractivity contribution in [1.29, 1.82) is 0 Å². The zero-order valence-electron chi connectivity index (χ0n) is 13.5. The lowest BCUT2D eigenvalue weighted by atomic mass is 10.1. The average Bonchev–Trinajstić information content (AvgIpc) is 2.79. The first-order chi connectivity index (χ1) is 10.4. The number of amides is 1. The van der Waals surface area contributed by atoms with E-state index in [1.807, 2.05) is 43.5 Å². The first-order valence-electron chi connectivity index (χ1n) is 7.79. The minimum Gasteiger partial charge on any atom is -0.444 e. The molecule has 2 aliphatic rings. The van der Waals surface area contributed by atoms with Gasteiger partial charge in [-0.1, -0.05) is 30.3 Å². The third kappa shape index (κ3) is 3.25. The second kappa shape index (κ2) is 5.78. The quantitative estimate of drug-likeness (QED) is 0.838. The Bertz CT molecular complexity index is 535. The van der Waals surface area contributed by atoms with Gasteiger partial charge in [-0.05, 0) is 26.3 Å². The molecule has 5 heteroatoms. The van der Waals surface area contributed by atoms with Gasteiger partial charge in [0.05, 0.1) is 13.1 Å². The molecule has 2 heterocycles. The lowest BCUT2D eigenvalue weighted by Crippen LogP contribution is -2.67. The van der Waals surface area contributed by atoms with E-state index < -0.39 is 5.60 Å². The van der Waals surface area contributed by atoms with Crippen molar-refractivity contribution in [3.8, 4) is 0 Å². The lowest BCUT2D eigenvalue weighted by Gasteiger charge is -2.51. The summed E-state index contributed by atoms with van der Waals surface area (Å²) in [6.07, 6.45) is -0.190. The molecule has 3 rings (SSSR count). The van der Waals surface area contributed by atoms with E-state index in [1.54, 1.807) is 0 Å². The first-order valence-corrected chi connectivity index (χ1v) is 8.77. The predicted octanol–water partition coefficient (Wildman–Crippen LogP) is 3.18. The fraction of sp³-hybridized carbons (Fsp3) is 0.588. The first kappa shape index (κ1) is 15.7. The molecular formula is C17H24N2O2S. The maximum atomic E-state index is 12.1. The maximum Gasteiger partial charge on any atom is 0.410 e. The van der Waals surface area contributed by atoms with E-state index in [0.717, 1.165) is 31.9 Å². The molecule has 2 saturated heterocycles. The minimum atomic E-state index is -0.424. The van der Waals surface area contributed by atoms with Gasteiger partial charge >= 0.3 is 6.09 Å². The van der Waals surface area contributed by atoms with E-state index in [9.17, 15) is 4.79 Å². The van der Waals surface area contributed by atoms with Crippen LogP contribution in [-0.2, 0) is 11.3 Å². The Morgan fingerprint density at radius 2 is 1.95 bits per heavy atom. The second-order valence-corrected chi connectivity index (χ2v) is 8.50. The van der Waals surface area contributed by atoms with Crippen molar-refractivity contribution in [3.05, 3.63) is 35.9 Å². The lowest BCUT2D eigenvalue weighted by molar-refractivity contribution is -0.0233. The molecule has 1 amide bonds. The average molecular weight is 320 g/mol. The van der Waals surface area contributed by atoms with Crippen molar-refractivity contribution >= 4 is 17.9 Å². The fourth-order valence-electron chi connectivity index (χ4n) is 2.96. The third-order valence-corrected chi connectivity index (χ3v) is 5.49. The predicted molar refractivity (Wildman–Crippen MR) is 89.8 cm³/mol. The summed E-state index contributed by atoms with van der Waals surface area (Å²) >= 11 is 1.97. The van der Waals surface area contributed by atoms with E-state index in [-0.39, 0.29) is 11.0 Å². The second-order valence-electron chi connectivity index (χ2n) is 7.04. The SMILES string of the molecule is CC(C)(C)OC(=O)N1CC2(C1)SCCN2Cc1ccccc1. The maximum absolute atomic E-state index is 12.1. The van der Waals surface area contributed by atoms with E-state index in [4.69, 9.17) is 4.74 Å². The Kier molecular flexibility index (Phi) is 4.12. The van der Waals surface area contributed by atoms with Gasteiger partial charge in [-0.2, -0.15) is 0 Å². The van der Waals surface area contributed by atoms with Crippen LogP contribution in [0, 0.1) is 0 Å². The van der Waals surface area contributed by atoms with Crippen LogP contribution in [0.5, 0.6) is 0 Å². The zero-order chi connectivity index (χ0) is 15.8. The molecule has 0 bridgehead atoms. The van der Waals surface area contributed by atoms with E-state index in [0.29, 0.717) is 0 Å². The number of ether oxygens (including phenoxy) is 1. The monoisotopic (exact) mass is 320 g/mol. The summed E-state index contributed by atoms with van der Waals surface area (Å²) in [5.41, 5.74) is 0.909. The molecule has 0 saturated carbocycles. The number of carbonyl (C=O) groups excluding carboxylic acids is 1. The van der Waals surface area contributed by atoms with Crippen molar-refractivity contribution in [1.82, 2.24) is 9.80 Å². The Labute approximate surface area is 136 Å². The molecule has 0 radical (unpaired) electrons. The summed E-state index contributed by atoms with van der Waals surface area (Å²) in [6.45, 7) is 9.29. The van der Waals surface area contributed by atoms with Gasteiger partial charge in [0.15, 0.2) is 0 Å². The van der Waals surface area contributed by atoms with E-state index in [2.05, 4.69) is 29.2 Å². The van der Waals surface area contributed by atoms with Gasteiger partial charge in [-0.25, -0.2) is 4.79 Å². The fourth-order valence-corrected chi connectivity index (χ4v) is 4.49. The molecule has 1 spiro atoms. The summed E-state index contributed by atoms with van der Waals surface area (Å²) in [4.78, 5) is 16.5. The van der Waals surface area contributed by atoms with Crippen LogP contribution in [0.2, 0.25) is 0 Å². The summed E-state index contributed by atoms with van der Waals surface area (Å²) in [6, 6.07) is 10.5. The van der Waals surface area contributed by atoms with Crippen LogP contribution in [0.4, 0.5) is 4.79 Å². The highest BCUT2D eigenvalue weighted by molar-refractivity contribution is 8.01. The number of carbonyl (C=O) groups is 1. The summed E-state index contributed by atoms with van der Waals surface area (Å²) in [7, 11) is 0. The number of benzene rings is 1. The molecule has 1 aromatic rings.